The van der Waals surface area contributed by atoms with Crippen molar-refractivity contribution < 1.29 is 18.7 Å². The predicted molar refractivity (Wildman–Crippen MR) is 152 cm³/mol. The summed E-state index contributed by atoms with van der Waals surface area (Å²) in [5.41, 5.74) is 8.66. The number of hydrazine groups is 1. The molecule has 2 aliphatic heterocycles. The summed E-state index contributed by atoms with van der Waals surface area (Å²) < 4.78 is 25.5. The Morgan fingerprint density at radius 2 is 1.95 bits per heavy atom. The van der Waals surface area contributed by atoms with E-state index in [2.05, 4.69) is 13.8 Å². The monoisotopic (exact) mass is 534 g/mol. The molecule has 0 saturated heterocycles. The molecular weight excluding hydrogens is 495 g/mol. The van der Waals surface area contributed by atoms with Crippen LogP contribution in [0.5, 0.6) is 11.5 Å². The van der Waals surface area contributed by atoms with E-state index in [9.17, 15) is 9.18 Å². The van der Waals surface area contributed by atoms with Gasteiger partial charge in [0.2, 0.25) is 0 Å². The zero-order valence-electron chi connectivity index (χ0n) is 23.5. The molecule has 0 spiro atoms. The van der Waals surface area contributed by atoms with Crippen LogP contribution in [0.2, 0.25) is 0 Å². The third kappa shape index (κ3) is 7.39. The van der Waals surface area contributed by atoms with E-state index in [-0.39, 0.29) is 11.3 Å². The van der Waals surface area contributed by atoms with Crippen molar-refractivity contribution in [3.63, 3.8) is 0 Å². The van der Waals surface area contributed by atoms with Gasteiger partial charge >= 0.3 is 0 Å². The minimum Gasteiger partial charge on any atom is -0.486 e. The molecule has 208 valence electrons. The Hall–Kier alpha value is -3.83. The van der Waals surface area contributed by atoms with E-state index in [1.165, 1.54) is 38.3 Å². The van der Waals surface area contributed by atoms with Gasteiger partial charge in [0.1, 0.15) is 31.1 Å². The summed E-state index contributed by atoms with van der Waals surface area (Å²) in [7, 11) is 1.80. The lowest BCUT2D eigenvalue weighted by Gasteiger charge is -2.33. The van der Waals surface area contributed by atoms with Crippen LogP contribution in [0.25, 0.3) is 5.70 Å². The molecule has 2 aromatic rings. The Kier molecular flexibility index (Phi) is 10.5. The molecule has 8 heteroatoms. The highest BCUT2D eigenvalue weighted by atomic mass is 19.1. The zero-order chi connectivity index (χ0) is 28.5. The molecule has 2 aliphatic rings. The molecule has 2 atom stereocenters. The molecule has 0 saturated carbocycles. The Morgan fingerprint density at radius 1 is 1.23 bits per heavy atom. The average Bonchev–Trinajstić information content (AvgIpc) is 3.30. The zero-order valence-corrected chi connectivity index (χ0v) is 23.5. The van der Waals surface area contributed by atoms with Crippen LogP contribution in [0.15, 0.2) is 54.2 Å². The van der Waals surface area contributed by atoms with Gasteiger partial charge in [0.05, 0.1) is 16.9 Å². The molecule has 7 nitrogen and oxygen atoms in total. The predicted octanol–water partition coefficient (Wildman–Crippen LogP) is 6.20. The second-order valence-corrected chi connectivity index (χ2v) is 9.90. The Morgan fingerprint density at radius 3 is 2.56 bits per heavy atom. The molecule has 0 radical (unpaired) electrons. The summed E-state index contributed by atoms with van der Waals surface area (Å²) >= 11 is 0. The molecule has 0 aliphatic carbocycles. The topological polar surface area (TPSA) is 91.8 Å². The number of nitrogens with two attached hydrogens (primary N) is 1. The first-order chi connectivity index (χ1) is 18.7. The molecule has 2 aromatic carbocycles. The molecule has 0 amide bonds. The quantitative estimate of drug-likeness (QED) is 0.431. The van der Waals surface area contributed by atoms with Gasteiger partial charge in [-0.1, -0.05) is 38.8 Å². The molecular formula is C31H39FN4O3. The number of hydrogen-bond donors (Lipinski definition) is 1. The number of Topliss-reactive ketones (excluding diaryl/α,β-unsaturated/α-hetero) is 1. The van der Waals surface area contributed by atoms with Crippen LogP contribution in [0.1, 0.15) is 64.5 Å². The highest BCUT2D eigenvalue weighted by Gasteiger charge is 2.34. The SMILES string of the molecule is C/C=C(/N)CCCC(C)CC.CC(=O)C1C=C(c2ccc(C#N)c(F)c2)N(c2ccc3c(c2)OCCO3)N1C. The molecule has 2 heterocycles. The van der Waals surface area contributed by atoms with Crippen LogP contribution in [-0.2, 0) is 4.79 Å². The number of ketones is 1. The van der Waals surface area contributed by atoms with Gasteiger partial charge in [0.15, 0.2) is 17.3 Å². The second kappa shape index (κ2) is 13.8. The third-order valence-corrected chi connectivity index (χ3v) is 7.06. The van der Waals surface area contributed by atoms with Crippen molar-refractivity contribution in [2.45, 2.75) is 59.4 Å². The number of halogens is 1. The fourth-order valence-electron chi connectivity index (χ4n) is 4.47. The normalized spacial score (nSPS) is 17.6. The Balaban J connectivity index is 0.000000325. The largest absolute Gasteiger partial charge is 0.486 e. The third-order valence-electron chi connectivity index (χ3n) is 7.06. The average molecular weight is 535 g/mol. The van der Waals surface area contributed by atoms with Crippen molar-refractivity contribution in [2.24, 2.45) is 11.7 Å². The summed E-state index contributed by atoms with van der Waals surface area (Å²) in [6.45, 7) is 9.01. The lowest BCUT2D eigenvalue weighted by Crippen LogP contribution is -2.42. The molecule has 2 N–H and O–H groups in total. The molecule has 0 bridgehead atoms. The molecule has 39 heavy (non-hydrogen) atoms. The van der Waals surface area contributed by atoms with Crippen molar-refractivity contribution in [3.05, 3.63) is 71.2 Å². The maximum Gasteiger partial charge on any atom is 0.163 e. The van der Waals surface area contributed by atoms with Crippen molar-refractivity contribution in [1.82, 2.24) is 5.01 Å². The number of carbonyl (C=O) groups is 1. The number of anilines is 1. The summed E-state index contributed by atoms with van der Waals surface area (Å²) in [5.74, 6) is 1.51. The van der Waals surface area contributed by atoms with Crippen LogP contribution in [0.4, 0.5) is 10.1 Å². The van der Waals surface area contributed by atoms with Gasteiger partial charge in [-0.05, 0) is 62.9 Å². The van der Waals surface area contributed by atoms with Crippen molar-refractivity contribution in [1.29, 1.82) is 5.26 Å². The number of fused-ring (bicyclic) bond motifs is 1. The van der Waals surface area contributed by atoms with Gasteiger partial charge < -0.3 is 15.2 Å². The minimum atomic E-state index is -0.600. The number of hydrogen-bond acceptors (Lipinski definition) is 7. The number of nitrogens with zero attached hydrogens (tertiary/aromatic N) is 3. The first-order valence-corrected chi connectivity index (χ1v) is 13.5. The van der Waals surface area contributed by atoms with E-state index in [4.69, 9.17) is 20.5 Å². The van der Waals surface area contributed by atoms with Crippen LogP contribution in [0.3, 0.4) is 0 Å². The number of benzene rings is 2. The molecule has 0 fully saturated rings. The number of allylic oxidation sites excluding steroid dienone is 2. The molecule has 4 rings (SSSR count). The van der Waals surface area contributed by atoms with Gasteiger partial charge in [-0.25, -0.2) is 9.40 Å². The van der Waals surface area contributed by atoms with Gasteiger partial charge in [0, 0.05) is 24.4 Å². The smallest absolute Gasteiger partial charge is 0.163 e. The van der Waals surface area contributed by atoms with E-state index >= 15 is 0 Å². The Bertz CT molecular complexity index is 1270. The van der Waals surface area contributed by atoms with E-state index in [0.29, 0.717) is 36.0 Å². The van der Waals surface area contributed by atoms with Crippen molar-refractivity contribution in [2.75, 3.05) is 25.3 Å². The van der Waals surface area contributed by atoms with Gasteiger partial charge in [-0.2, -0.15) is 5.26 Å². The first-order valence-electron chi connectivity index (χ1n) is 13.5. The van der Waals surface area contributed by atoms with Gasteiger partial charge in [0.25, 0.3) is 0 Å². The summed E-state index contributed by atoms with van der Waals surface area (Å²) in [5, 5.41) is 12.6. The van der Waals surface area contributed by atoms with E-state index in [0.717, 1.165) is 23.7 Å². The lowest BCUT2D eigenvalue weighted by atomic mass is 10.0. The highest BCUT2D eigenvalue weighted by Crippen LogP contribution is 2.40. The van der Waals surface area contributed by atoms with Gasteiger partial charge in [-0.3, -0.25) is 9.80 Å². The lowest BCUT2D eigenvalue weighted by molar-refractivity contribution is -0.119. The molecule has 0 aromatic heterocycles. The second-order valence-electron chi connectivity index (χ2n) is 9.90. The maximum atomic E-state index is 14.2. The summed E-state index contributed by atoms with van der Waals surface area (Å²) in [4.78, 5) is 12.1. The van der Waals surface area contributed by atoms with Crippen LogP contribution in [0, 0.1) is 23.1 Å². The van der Waals surface area contributed by atoms with Crippen molar-refractivity contribution in [3.8, 4) is 17.6 Å². The Labute approximate surface area is 231 Å². The van der Waals surface area contributed by atoms with Crippen LogP contribution in [-0.4, -0.2) is 37.1 Å². The molecule has 2 unspecified atom stereocenters. The minimum absolute atomic E-state index is 0.0234. The fourth-order valence-corrected chi connectivity index (χ4v) is 4.47. The fraction of sp³-hybridized carbons (Fsp3) is 0.419. The van der Waals surface area contributed by atoms with Crippen molar-refractivity contribution >= 4 is 17.2 Å². The first kappa shape index (κ1) is 29.7. The maximum absolute atomic E-state index is 14.2. The van der Waals surface area contributed by atoms with Crippen LogP contribution < -0.4 is 20.2 Å². The van der Waals surface area contributed by atoms with E-state index in [1.54, 1.807) is 24.2 Å². The summed E-state index contributed by atoms with van der Waals surface area (Å²) in [6, 6.07) is 11.3. The number of likely N-dealkylation sites (N-methyl/N-ethyl adjacent to an activating group) is 1. The summed E-state index contributed by atoms with van der Waals surface area (Å²) in [6.07, 6.45) is 8.70. The van der Waals surface area contributed by atoms with Crippen LogP contribution >= 0.6 is 0 Å². The highest BCUT2D eigenvalue weighted by molar-refractivity contribution is 5.92. The van der Waals surface area contributed by atoms with E-state index < -0.39 is 11.9 Å². The van der Waals surface area contributed by atoms with E-state index in [1.807, 2.05) is 42.3 Å². The van der Waals surface area contributed by atoms with Gasteiger partial charge in [-0.15, -0.1) is 0 Å². The number of rotatable bonds is 8. The number of carbonyl (C=O) groups excluding carboxylic acids is 1. The number of ether oxygens (including phenoxy) is 2. The number of nitriles is 1. The standard InChI is InChI=1S/C21H18FN3O3.C10H21N/c1-13(26)18-11-19(14-3-4-15(12-23)17(22)9-14)25(24(18)2)16-5-6-20-21(10-16)28-8-7-27-20;1-4-9(3)7-6-8-10(11)5-2/h3-6,9-11,18H,7-8H2,1-2H3;5,9H,4,6-8,11H2,1-3H3/b;10-5+.